The van der Waals surface area contributed by atoms with Gasteiger partial charge in [0.2, 0.25) is 11.8 Å². The van der Waals surface area contributed by atoms with Crippen molar-refractivity contribution in [1.29, 1.82) is 0 Å². The van der Waals surface area contributed by atoms with Gasteiger partial charge in [-0.25, -0.2) is 0 Å². The molecule has 5 fully saturated rings. The summed E-state index contributed by atoms with van der Waals surface area (Å²) < 4.78 is 11.7. The number of rotatable bonds is 5. The summed E-state index contributed by atoms with van der Waals surface area (Å²) >= 11 is 0. The second-order valence-electron chi connectivity index (χ2n) is 8.86. The van der Waals surface area contributed by atoms with Gasteiger partial charge >= 0.3 is 0 Å². The minimum atomic E-state index is -0.635. The quantitative estimate of drug-likeness (QED) is 0.651. The lowest BCUT2D eigenvalue weighted by atomic mass is 9.81. The molecular weight excluding hydrogens is 334 g/mol. The molecule has 0 saturated carbocycles. The number of amides is 2. The van der Waals surface area contributed by atoms with Crippen LogP contribution in [0, 0.1) is 5.41 Å². The predicted molar refractivity (Wildman–Crippen MR) is 93.4 cm³/mol. The third-order valence-corrected chi connectivity index (χ3v) is 7.10. The summed E-state index contributed by atoms with van der Waals surface area (Å²) in [7, 11) is 0. The maximum Gasteiger partial charge on any atom is 0.228 e. The highest BCUT2D eigenvalue weighted by Gasteiger charge is 2.48. The summed E-state index contributed by atoms with van der Waals surface area (Å²) in [5.74, 6) is -0.00261. The van der Waals surface area contributed by atoms with Crippen molar-refractivity contribution in [2.45, 2.75) is 87.9 Å². The molecule has 26 heavy (non-hydrogen) atoms. The third-order valence-electron chi connectivity index (χ3n) is 7.10. The Morgan fingerprint density at radius 1 is 0.962 bits per heavy atom. The Hall–Kier alpha value is -1.18. The highest BCUT2D eigenvalue weighted by atomic mass is 16.5. The molecule has 7 atom stereocenters. The summed E-state index contributed by atoms with van der Waals surface area (Å²) in [6, 6.07) is 0.232. The van der Waals surface area contributed by atoms with E-state index in [0.717, 1.165) is 45.1 Å². The van der Waals surface area contributed by atoms with Gasteiger partial charge in [0.05, 0.1) is 41.9 Å². The second kappa shape index (κ2) is 6.46. The second-order valence-corrected chi connectivity index (χ2v) is 8.86. The fraction of sp³-hybridized carbons (Fsp3) is 0.895. The zero-order valence-electron chi connectivity index (χ0n) is 15.2. The van der Waals surface area contributed by atoms with E-state index in [0.29, 0.717) is 25.2 Å². The maximum absolute atomic E-state index is 13.1. The van der Waals surface area contributed by atoms with Crippen LogP contribution in [0.3, 0.4) is 0 Å². The average molecular weight is 363 g/mol. The van der Waals surface area contributed by atoms with Gasteiger partial charge in [0.1, 0.15) is 0 Å². The zero-order chi connectivity index (χ0) is 17.7. The van der Waals surface area contributed by atoms with Crippen LogP contribution < -0.4 is 16.0 Å². The van der Waals surface area contributed by atoms with Gasteiger partial charge in [-0.15, -0.1) is 0 Å². The summed E-state index contributed by atoms with van der Waals surface area (Å²) in [6.07, 6.45) is 8.03. The summed E-state index contributed by atoms with van der Waals surface area (Å²) in [6.45, 7) is 1.35. The predicted octanol–water partition coefficient (Wildman–Crippen LogP) is 0.228. The Labute approximate surface area is 153 Å². The summed E-state index contributed by atoms with van der Waals surface area (Å²) in [5.41, 5.74) is -0.635. The molecule has 4 bridgehead atoms. The van der Waals surface area contributed by atoms with Crippen LogP contribution >= 0.6 is 0 Å². The fourth-order valence-electron chi connectivity index (χ4n) is 5.63. The topological polar surface area (TPSA) is 88.7 Å². The smallest absolute Gasteiger partial charge is 0.228 e. The molecule has 0 aromatic carbocycles. The molecule has 7 nitrogen and oxygen atoms in total. The minimum Gasteiger partial charge on any atom is -0.373 e. The van der Waals surface area contributed by atoms with E-state index in [4.69, 9.17) is 9.47 Å². The molecule has 5 saturated heterocycles. The number of ether oxygens (including phenoxy) is 2. The standard InChI is InChI=1S/C19H29N3O4/c23-17(21-13-7-11-1-3-15(13)25-11)9-19(5-6-20-10-19)18(24)22-14-8-12-2-4-16(14)26-12/h11-16,20H,1-10H2,(H,21,23)(H,22,24). The van der Waals surface area contributed by atoms with Crippen LogP contribution in [0.4, 0.5) is 0 Å². The first-order valence-electron chi connectivity index (χ1n) is 10.2. The van der Waals surface area contributed by atoms with Crippen molar-refractivity contribution < 1.29 is 19.1 Å². The van der Waals surface area contributed by atoms with Gasteiger partial charge < -0.3 is 25.4 Å². The van der Waals surface area contributed by atoms with Gasteiger partial charge in [-0.3, -0.25) is 9.59 Å². The molecule has 7 heteroatoms. The SMILES string of the molecule is O=C(CC1(C(=O)NC2CC3CCC2O3)CCNC1)NC1CC2CCC1O2. The number of hydrogen-bond acceptors (Lipinski definition) is 5. The van der Waals surface area contributed by atoms with Gasteiger partial charge in [-0.05, 0) is 51.5 Å². The van der Waals surface area contributed by atoms with Crippen LogP contribution in [0.1, 0.15) is 51.4 Å². The van der Waals surface area contributed by atoms with Gasteiger partial charge in [0.25, 0.3) is 0 Å². The molecule has 5 heterocycles. The lowest BCUT2D eigenvalue weighted by Crippen LogP contribution is -2.52. The number of hydrogen-bond donors (Lipinski definition) is 3. The highest BCUT2D eigenvalue weighted by molar-refractivity contribution is 5.90. The number of nitrogens with one attached hydrogen (secondary N) is 3. The average Bonchev–Trinajstić information content (AvgIpc) is 3.41. The van der Waals surface area contributed by atoms with E-state index >= 15 is 0 Å². The van der Waals surface area contributed by atoms with Crippen molar-refractivity contribution in [1.82, 2.24) is 16.0 Å². The van der Waals surface area contributed by atoms with Crippen molar-refractivity contribution in [2.75, 3.05) is 13.1 Å². The van der Waals surface area contributed by atoms with Crippen LogP contribution in [0.2, 0.25) is 0 Å². The first kappa shape index (κ1) is 17.0. The molecule has 144 valence electrons. The Bertz CT molecular complexity index is 591. The van der Waals surface area contributed by atoms with Gasteiger partial charge in [0, 0.05) is 13.0 Å². The van der Waals surface area contributed by atoms with Gasteiger partial charge in [0.15, 0.2) is 0 Å². The number of carbonyl (C=O) groups is 2. The van der Waals surface area contributed by atoms with E-state index < -0.39 is 5.41 Å². The van der Waals surface area contributed by atoms with Crippen molar-refractivity contribution in [3.8, 4) is 0 Å². The minimum absolute atomic E-state index is 0.0167. The molecule has 5 rings (SSSR count). The first-order valence-corrected chi connectivity index (χ1v) is 10.2. The fourth-order valence-corrected chi connectivity index (χ4v) is 5.63. The number of fused-ring (bicyclic) bond motifs is 4. The third kappa shape index (κ3) is 2.94. The largest absolute Gasteiger partial charge is 0.373 e. The monoisotopic (exact) mass is 363 g/mol. The van der Waals surface area contributed by atoms with Crippen LogP contribution in [-0.2, 0) is 19.1 Å². The van der Waals surface area contributed by atoms with Crippen molar-refractivity contribution in [3.05, 3.63) is 0 Å². The van der Waals surface area contributed by atoms with Crippen LogP contribution in [-0.4, -0.2) is 61.4 Å². The Morgan fingerprint density at radius 2 is 1.62 bits per heavy atom. The molecule has 0 radical (unpaired) electrons. The molecular formula is C19H29N3O4. The summed E-state index contributed by atoms with van der Waals surface area (Å²) in [4.78, 5) is 25.8. The zero-order valence-corrected chi connectivity index (χ0v) is 15.2. The van der Waals surface area contributed by atoms with Crippen LogP contribution in [0.5, 0.6) is 0 Å². The Kier molecular flexibility index (Phi) is 4.21. The molecule has 7 unspecified atom stereocenters. The molecule has 0 aliphatic carbocycles. The molecule has 5 aliphatic heterocycles. The molecule has 0 aromatic heterocycles. The van der Waals surface area contributed by atoms with Crippen molar-refractivity contribution in [2.24, 2.45) is 5.41 Å². The molecule has 0 aromatic rings. The Balaban J connectivity index is 1.21. The van der Waals surface area contributed by atoms with E-state index in [-0.39, 0.29) is 42.5 Å². The van der Waals surface area contributed by atoms with E-state index in [1.807, 2.05) is 0 Å². The summed E-state index contributed by atoms with van der Waals surface area (Å²) in [5, 5.41) is 9.63. The van der Waals surface area contributed by atoms with E-state index in [1.54, 1.807) is 0 Å². The van der Waals surface area contributed by atoms with Crippen LogP contribution in [0.15, 0.2) is 0 Å². The molecule has 5 aliphatic rings. The van der Waals surface area contributed by atoms with E-state index in [9.17, 15) is 9.59 Å². The van der Waals surface area contributed by atoms with Gasteiger partial charge in [-0.2, -0.15) is 0 Å². The van der Waals surface area contributed by atoms with E-state index in [2.05, 4.69) is 16.0 Å². The normalized spacial score (nSPS) is 46.0. The van der Waals surface area contributed by atoms with E-state index in [1.165, 1.54) is 0 Å². The van der Waals surface area contributed by atoms with Gasteiger partial charge in [-0.1, -0.05) is 0 Å². The van der Waals surface area contributed by atoms with Crippen molar-refractivity contribution >= 4 is 11.8 Å². The molecule has 2 amide bonds. The lowest BCUT2D eigenvalue weighted by molar-refractivity contribution is -0.136. The highest BCUT2D eigenvalue weighted by Crippen LogP contribution is 2.37. The van der Waals surface area contributed by atoms with Crippen LogP contribution in [0.25, 0.3) is 0 Å². The molecule has 3 N–H and O–H groups in total. The lowest BCUT2D eigenvalue weighted by Gasteiger charge is -2.31. The molecule has 0 spiro atoms. The first-order chi connectivity index (χ1) is 12.6. The number of carbonyl (C=O) groups excluding carboxylic acids is 2. The Morgan fingerprint density at radius 3 is 2.12 bits per heavy atom. The maximum atomic E-state index is 13.1. The van der Waals surface area contributed by atoms with Crippen molar-refractivity contribution in [3.63, 3.8) is 0 Å².